The van der Waals surface area contributed by atoms with Crippen molar-refractivity contribution in [3.63, 3.8) is 0 Å². The van der Waals surface area contributed by atoms with E-state index in [4.69, 9.17) is 0 Å². The average molecular weight is 489 g/mol. The molecular weight excluding hydrogens is 467 g/mol. The molecule has 2 atom stereocenters. The second kappa shape index (κ2) is 8.19. The molecule has 1 aliphatic rings. The van der Waals surface area contributed by atoms with E-state index in [0.29, 0.717) is 12.0 Å². The van der Waals surface area contributed by atoms with Crippen LogP contribution in [0.3, 0.4) is 0 Å². The second-order valence-electron chi connectivity index (χ2n) is 5.76. The summed E-state index contributed by atoms with van der Waals surface area (Å²) in [6, 6.07) is 11.2. The Morgan fingerprint density at radius 2 is 2.04 bits per heavy atom. The summed E-state index contributed by atoms with van der Waals surface area (Å²) in [7, 11) is 3.85. The first-order chi connectivity index (χ1) is 10.7. The van der Waals surface area contributed by atoms with E-state index in [0.717, 1.165) is 23.4 Å². The summed E-state index contributed by atoms with van der Waals surface area (Å²) >= 11 is 3.48. The highest BCUT2D eigenvalue weighted by molar-refractivity contribution is 14.0. The third-order valence-electron chi connectivity index (χ3n) is 3.99. The van der Waals surface area contributed by atoms with E-state index < -0.39 is 0 Å². The summed E-state index contributed by atoms with van der Waals surface area (Å²) in [4.78, 5) is 4.31. The van der Waals surface area contributed by atoms with E-state index in [1.165, 1.54) is 11.1 Å². The summed E-state index contributed by atoms with van der Waals surface area (Å²) in [5, 5.41) is 6.87. The molecule has 0 radical (unpaired) electrons. The lowest BCUT2D eigenvalue weighted by Gasteiger charge is -2.11. The van der Waals surface area contributed by atoms with E-state index in [2.05, 4.69) is 78.8 Å². The van der Waals surface area contributed by atoms with Crippen LogP contribution in [0, 0.1) is 0 Å². The number of aromatic nitrogens is 1. The molecule has 0 amide bonds. The number of aliphatic imine (C=N–C) groups is 1. The van der Waals surface area contributed by atoms with Crippen molar-refractivity contribution in [2.75, 3.05) is 7.05 Å². The Balaban J connectivity index is 0.00000192. The smallest absolute Gasteiger partial charge is 0.191 e. The average Bonchev–Trinajstić information content (AvgIpc) is 3.16. The van der Waals surface area contributed by atoms with Crippen LogP contribution in [0.4, 0.5) is 0 Å². The summed E-state index contributed by atoms with van der Waals surface area (Å²) in [5.74, 6) is 1.46. The van der Waals surface area contributed by atoms with E-state index in [1.807, 2.05) is 14.1 Å². The molecule has 124 valence electrons. The first-order valence-corrected chi connectivity index (χ1v) is 8.28. The van der Waals surface area contributed by atoms with Crippen LogP contribution in [0.5, 0.6) is 0 Å². The van der Waals surface area contributed by atoms with Gasteiger partial charge in [-0.05, 0) is 35.7 Å². The Bertz CT molecular complexity index is 665. The van der Waals surface area contributed by atoms with Crippen molar-refractivity contribution in [1.29, 1.82) is 0 Å². The van der Waals surface area contributed by atoms with Crippen LogP contribution in [0.15, 0.2) is 52.2 Å². The SMILES string of the molecule is CN=C(NCc1ccn(C)c1)NC1CC1c1ccc(Br)cc1.I. The number of benzene rings is 1. The minimum atomic E-state index is 0. The van der Waals surface area contributed by atoms with Crippen molar-refractivity contribution in [2.24, 2.45) is 12.0 Å². The lowest BCUT2D eigenvalue weighted by Crippen LogP contribution is -2.38. The maximum Gasteiger partial charge on any atom is 0.191 e. The molecule has 3 rings (SSSR count). The predicted octanol–water partition coefficient (Wildman–Crippen LogP) is 3.63. The first kappa shape index (κ1) is 18.3. The third-order valence-corrected chi connectivity index (χ3v) is 4.52. The molecule has 1 aromatic carbocycles. The van der Waals surface area contributed by atoms with Crippen LogP contribution in [0.2, 0.25) is 0 Å². The minimum absolute atomic E-state index is 0. The summed E-state index contributed by atoms with van der Waals surface area (Å²) in [6.45, 7) is 0.788. The van der Waals surface area contributed by atoms with Gasteiger partial charge in [-0.3, -0.25) is 4.99 Å². The van der Waals surface area contributed by atoms with E-state index in [9.17, 15) is 0 Å². The first-order valence-electron chi connectivity index (χ1n) is 7.49. The Morgan fingerprint density at radius 1 is 1.30 bits per heavy atom. The summed E-state index contributed by atoms with van der Waals surface area (Å²) in [6.07, 6.45) is 5.33. The van der Waals surface area contributed by atoms with Crippen molar-refractivity contribution in [3.8, 4) is 0 Å². The van der Waals surface area contributed by atoms with Gasteiger partial charge in [-0.2, -0.15) is 0 Å². The van der Waals surface area contributed by atoms with Gasteiger partial charge >= 0.3 is 0 Å². The fourth-order valence-electron chi connectivity index (χ4n) is 2.65. The highest BCUT2D eigenvalue weighted by Crippen LogP contribution is 2.40. The van der Waals surface area contributed by atoms with Crippen LogP contribution in [-0.4, -0.2) is 23.6 Å². The van der Waals surface area contributed by atoms with Gasteiger partial charge < -0.3 is 15.2 Å². The molecule has 1 saturated carbocycles. The number of nitrogens with one attached hydrogen (secondary N) is 2. The van der Waals surface area contributed by atoms with Gasteiger partial charge in [-0.1, -0.05) is 28.1 Å². The molecule has 1 fully saturated rings. The summed E-state index contributed by atoms with van der Waals surface area (Å²) < 4.78 is 3.18. The maximum atomic E-state index is 4.31. The molecule has 2 N–H and O–H groups in total. The molecule has 6 heteroatoms. The van der Waals surface area contributed by atoms with E-state index in [-0.39, 0.29) is 24.0 Å². The standard InChI is InChI=1S/C17H21BrN4.HI/c1-19-17(20-10-12-7-8-22(2)11-12)21-16-9-15(16)13-3-5-14(18)6-4-13;/h3-8,11,15-16H,9-10H2,1-2H3,(H2,19,20,21);1H. The van der Waals surface area contributed by atoms with Crippen molar-refractivity contribution in [1.82, 2.24) is 15.2 Å². The van der Waals surface area contributed by atoms with Gasteiger partial charge in [0.1, 0.15) is 0 Å². The van der Waals surface area contributed by atoms with Crippen molar-refractivity contribution in [2.45, 2.75) is 24.9 Å². The van der Waals surface area contributed by atoms with Crippen molar-refractivity contribution >= 4 is 45.9 Å². The van der Waals surface area contributed by atoms with Gasteiger partial charge in [-0.15, -0.1) is 24.0 Å². The largest absolute Gasteiger partial charge is 0.357 e. The van der Waals surface area contributed by atoms with Crippen LogP contribution < -0.4 is 10.6 Å². The highest BCUT2D eigenvalue weighted by Gasteiger charge is 2.38. The molecule has 1 heterocycles. The van der Waals surface area contributed by atoms with Gasteiger partial charge in [0.2, 0.25) is 0 Å². The zero-order chi connectivity index (χ0) is 15.5. The Hall–Kier alpha value is -1.02. The Kier molecular flexibility index (Phi) is 6.52. The number of hydrogen-bond acceptors (Lipinski definition) is 1. The second-order valence-corrected chi connectivity index (χ2v) is 6.67. The lowest BCUT2D eigenvalue weighted by molar-refractivity contribution is 0.788. The fraction of sp³-hybridized carbons (Fsp3) is 0.353. The molecule has 0 bridgehead atoms. The van der Waals surface area contributed by atoms with Crippen LogP contribution in [0.25, 0.3) is 0 Å². The maximum absolute atomic E-state index is 4.31. The molecule has 0 aliphatic heterocycles. The molecule has 0 spiro atoms. The molecule has 0 saturated heterocycles. The Labute approximate surface area is 162 Å². The summed E-state index contributed by atoms with van der Waals surface area (Å²) in [5.41, 5.74) is 2.64. The number of rotatable bonds is 4. The number of hydrogen-bond donors (Lipinski definition) is 2. The molecular formula is C17H22BrIN4. The number of nitrogens with zero attached hydrogens (tertiary/aromatic N) is 2. The molecule has 2 unspecified atom stereocenters. The lowest BCUT2D eigenvalue weighted by atomic mass is 10.1. The monoisotopic (exact) mass is 488 g/mol. The van der Waals surface area contributed by atoms with Gasteiger partial charge in [-0.25, -0.2) is 0 Å². The van der Waals surface area contributed by atoms with Gasteiger partial charge in [0.25, 0.3) is 0 Å². The molecule has 1 aromatic heterocycles. The number of aryl methyl sites for hydroxylation is 1. The highest BCUT2D eigenvalue weighted by atomic mass is 127. The van der Waals surface area contributed by atoms with Crippen LogP contribution in [-0.2, 0) is 13.6 Å². The number of halogens is 2. The van der Waals surface area contributed by atoms with Crippen LogP contribution in [0.1, 0.15) is 23.5 Å². The molecule has 2 aromatic rings. The van der Waals surface area contributed by atoms with Crippen molar-refractivity contribution in [3.05, 3.63) is 58.3 Å². The fourth-order valence-corrected chi connectivity index (χ4v) is 2.92. The van der Waals surface area contributed by atoms with Gasteiger partial charge in [0, 0.05) is 49.5 Å². The predicted molar refractivity (Wildman–Crippen MR) is 109 cm³/mol. The van der Waals surface area contributed by atoms with Crippen LogP contribution >= 0.6 is 39.9 Å². The zero-order valence-electron chi connectivity index (χ0n) is 13.3. The van der Waals surface area contributed by atoms with E-state index in [1.54, 1.807) is 0 Å². The third kappa shape index (κ3) is 4.97. The molecule has 1 aliphatic carbocycles. The minimum Gasteiger partial charge on any atom is -0.357 e. The van der Waals surface area contributed by atoms with Gasteiger partial charge in [0.05, 0.1) is 0 Å². The molecule has 23 heavy (non-hydrogen) atoms. The topological polar surface area (TPSA) is 41.4 Å². The zero-order valence-corrected chi connectivity index (χ0v) is 17.2. The van der Waals surface area contributed by atoms with Crippen molar-refractivity contribution < 1.29 is 0 Å². The number of guanidine groups is 1. The quantitative estimate of drug-likeness (QED) is 0.392. The molecule has 4 nitrogen and oxygen atoms in total. The van der Waals surface area contributed by atoms with Gasteiger partial charge in [0.15, 0.2) is 5.96 Å². The normalized spacial score (nSPS) is 19.9. The van der Waals surface area contributed by atoms with E-state index >= 15 is 0 Å². The Morgan fingerprint density at radius 3 is 2.65 bits per heavy atom.